The summed E-state index contributed by atoms with van der Waals surface area (Å²) in [5.74, 6) is -0.0191. The number of pyridine rings is 1. The van der Waals surface area contributed by atoms with Gasteiger partial charge < -0.3 is 15.1 Å². The number of fused-ring (bicyclic) bond motifs is 1. The quantitative estimate of drug-likeness (QED) is 0.558. The Hall–Kier alpha value is -2.22. The summed E-state index contributed by atoms with van der Waals surface area (Å²) in [4.78, 5) is 19.8. The molecule has 0 atom stereocenters. The second kappa shape index (κ2) is 6.27. The normalized spacial score (nSPS) is 19.7. The number of thiocarbonyl (C=S) groups is 1. The van der Waals surface area contributed by atoms with E-state index in [1.165, 1.54) is 0 Å². The summed E-state index contributed by atoms with van der Waals surface area (Å²) in [6.07, 6.45) is 2.57. The molecule has 0 aromatic carbocycles. The summed E-state index contributed by atoms with van der Waals surface area (Å²) in [5.41, 5.74) is 5.74. The minimum absolute atomic E-state index is 0.0191. The van der Waals surface area contributed by atoms with Crippen molar-refractivity contribution in [2.45, 2.75) is 6.42 Å². The maximum atomic E-state index is 11.4. The Balaban J connectivity index is 1.72. The Morgan fingerprint density at radius 1 is 1.50 bits per heavy atom. The first kappa shape index (κ1) is 14.7. The average molecular weight is 318 g/mol. The molecule has 0 saturated carbocycles. The van der Waals surface area contributed by atoms with E-state index in [1.807, 2.05) is 24.1 Å². The molecule has 1 amide bonds. The fourth-order valence-electron chi connectivity index (χ4n) is 2.55. The molecule has 1 saturated heterocycles. The van der Waals surface area contributed by atoms with Gasteiger partial charge in [-0.2, -0.15) is 5.10 Å². The van der Waals surface area contributed by atoms with Crippen LogP contribution in [0.4, 0.5) is 5.69 Å². The summed E-state index contributed by atoms with van der Waals surface area (Å²) in [6.45, 7) is 2.46. The predicted molar refractivity (Wildman–Crippen MR) is 89.0 cm³/mol. The first-order valence-electron chi connectivity index (χ1n) is 7.20. The van der Waals surface area contributed by atoms with Crippen molar-refractivity contribution in [3.8, 4) is 0 Å². The van der Waals surface area contributed by atoms with Crippen LogP contribution in [0.15, 0.2) is 23.4 Å². The molecule has 0 spiro atoms. The van der Waals surface area contributed by atoms with Gasteiger partial charge in [-0.3, -0.25) is 15.2 Å². The van der Waals surface area contributed by atoms with Crippen molar-refractivity contribution in [1.82, 2.24) is 20.6 Å². The molecule has 3 heterocycles. The number of amides is 1. The zero-order valence-corrected chi connectivity index (χ0v) is 13.2. The highest BCUT2D eigenvalue weighted by atomic mass is 32.1. The van der Waals surface area contributed by atoms with Crippen LogP contribution in [0, 0.1) is 0 Å². The van der Waals surface area contributed by atoms with Crippen molar-refractivity contribution < 1.29 is 4.79 Å². The number of hydrogen-bond donors (Lipinski definition) is 2. The van der Waals surface area contributed by atoms with Gasteiger partial charge in [-0.05, 0) is 24.4 Å². The smallest absolute Gasteiger partial charge is 0.239 e. The molecule has 2 N–H and O–H groups in total. The lowest BCUT2D eigenvalue weighted by atomic mass is 10.1. The molecule has 7 nitrogen and oxygen atoms in total. The highest BCUT2D eigenvalue weighted by molar-refractivity contribution is 7.80. The van der Waals surface area contributed by atoms with Crippen molar-refractivity contribution in [3.63, 3.8) is 0 Å². The zero-order valence-electron chi connectivity index (χ0n) is 12.4. The molecule has 116 valence electrons. The molecule has 1 fully saturated rings. The van der Waals surface area contributed by atoms with E-state index in [0.717, 1.165) is 30.1 Å². The maximum absolute atomic E-state index is 11.4. The maximum Gasteiger partial charge on any atom is 0.239 e. The van der Waals surface area contributed by atoms with Crippen LogP contribution in [-0.4, -0.2) is 59.8 Å². The molecular weight excluding hydrogens is 300 g/mol. The van der Waals surface area contributed by atoms with Gasteiger partial charge in [0.1, 0.15) is 5.69 Å². The lowest BCUT2D eigenvalue weighted by Crippen LogP contribution is -2.52. The lowest BCUT2D eigenvalue weighted by Gasteiger charge is -2.29. The second-order valence-corrected chi connectivity index (χ2v) is 5.68. The van der Waals surface area contributed by atoms with Crippen LogP contribution in [0.1, 0.15) is 12.1 Å². The summed E-state index contributed by atoms with van der Waals surface area (Å²) in [5, 5.41) is 7.66. The van der Waals surface area contributed by atoms with E-state index < -0.39 is 0 Å². The molecule has 22 heavy (non-hydrogen) atoms. The molecule has 8 heteroatoms. The van der Waals surface area contributed by atoms with E-state index in [2.05, 4.69) is 25.7 Å². The Morgan fingerprint density at radius 2 is 2.36 bits per heavy atom. The number of rotatable bonds is 1. The van der Waals surface area contributed by atoms with Crippen LogP contribution < -0.4 is 15.6 Å². The van der Waals surface area contributed by atoms with Gasteiger partial charge in [0.05, 0.1) is 17.9 Å². The molecule has 0 unspecified atom stereocenters. The van der Waals surface area contributed by atoms with Gasteiger partial charge in [0.2, 0.25) is 5.91 Å². The van der Waals surface area contributed by atoms with Crippen LogP contribution in [0.5, 0.6) is 0 Å². The van der Waals surface area contributed by atoms with E-state index >= 15 is 0 Å². The van der Waals surface area contributed by atoms with E-state index in [0.29, 0.717) is 18.2 Å². The SMILES string of the molecule is CN1CC/C(=N/NC(=S)N2CCNC(=O)C2)c2ncccc21. The molecular formula is C14H18N6OS. The molecule has 1 aromatic rings. The van der Waals surface area contributed by atoms with Crippen LogP contribution in [0.3, 0.4) is 0 Å². The highest BCUT2D eigenvalue weighted by Crippen LogP contribution is 2.23. The van der Waals surface area contributed by atoms with Crippen molar-refractivity contribution in [2.24, 2.45) is 5.10 Å². The van der Waals surface area contributed by atoms with Gasteiger partial charge in [-0.25, -0.2) is 0 Å². The van der Waals surface area contributed by atoms with Crippen LogP contribution in [-0.2, 0) is 4.79 Å². The van der Waals surface area contributed by atoms with E-state index in [9.17, 15) is 4.79 Å². The standard InChI is InChI=1S/C14H18N6OS/c1-19-7-4-10(13-11(19)3-2-5-16-13)17-18-14(22)20-8-6-15-12(21)9-20/h2-3,5H,4,6-9H2,1H3,(H,15,21)(H,18,22)/b17-10-. The summed E-state index contributed by atoms with van der Waals surface area (Å²) >= 11 is 5.31. The van der Waals surface area contributed by atoms with Crippen molar-refractivity contribution in [2.75, 3.05) is 38.1 Å². The number of hydrogen-bond acceptors (Lipinski definition) is 5. The second-order valence-electron chi connectivity index (χ2n) is 5.29. The highest BCUT2D eigenvalue weighted by Gasteiger charge is 2.21. The van der Waals surface area contributed by atoms with Gasteiger partial charge >= 0.3 is 0 Å². The van der Waals surface area contributed by atoms with E-state index in [-0.39, 0.29) is 12.5 Å². The number of hydrazone groups is 1. The van der Waals surface area contributed by atoms with Gasteiger partial charge in [-0.15, -0.1) is 0 Å². The first-order valence-corrected chi connectivity index (χ1v) is 7.60. The van der Waals surface area contributed by atoms with Gasteiger partial charge in [0.15, 0.2) is 5.11 Å². The molecule has 3 rings (SSSR count). The molecule has 2 aliphatic rings. The molecule has 0 bridgehead atoms. The third-order valence-electron chi connectivity index (χ3n) is 3.77. The van der Waals surface area contributed by atoms with Crippen LogP contribution >= 0.6 is 12.2 Å². The molecule has 1 aromatic heterocycles. The Bertz CT molecular complexity index is 632. The number of piperazine rings is 1. The lowest BCUT2D eigenvalue weighted by molar-refractivity contribution is -0.122. The molecule has 0 aliphatic carbocycles. The molecule has 2 aliphatic heterocycles. The number of nitrogens with zero attached hydrogens (tertiary/aromatic N) is 4. The Morgan fingerprint density at radius 3 is 3.18 bits per heavy atom. The summed E-state index contributed by atoms with van der Waals surface area (Å²) in [7, 11) is 2.04. The van der Waals surface area contributed by atoms with Crippen LogP contribution in [0.25, 0.3) is 0 Å². The van der Waals surface area contributed by atoms with Gasteiger partial charge in [0.25, 0.3) is 0 Å². The number of carbonyl (C=O) groups is 1. The third kappa shape index (κ3) is 3.01. The summed E-state index contributed by atoms with van der Waals surface area (Å²) in [6, 6.07) is 3.95. The largest absolute Gasteiger partial charge is 0.372 e. The fourth-order valence-corrected chi connectivity index (χ4v) is 2.75. The first-order chi connectivity index (χ1) is 10.6. The monoisotopic (exact) mass is 318 g/mol. The van der Waals surface area contributed by atoms with Gasteiger partial charge in [0, 0.05) is 39.3 Å². The number of anilines is 1. The minimum atomic E-state index is -0.0191. The minimum Gasteiger partial charge on any atom is -0.372 e. The fraction of sp³-hybridized carbons (Fsp3) is 0.429. The average Bonchev–Trinajstić information content (AvgIpc) is 2.54. The predicted octanol–water partition coefficient (Wildman–Crippen LogP) is -0.0681. The van der Waals surface area contributed by atoms with Crippen molar-refractivity contribution in [1.29, 1.82) is 0 Å². The number of aromatic nitrogens is 1. The summed E-state index contributed by atoms with van der Waals surface area (Å²) < 4.78 is 0. The van der Waals surface area contributed by atoms with Crippen molar-refractivity contribution in [3.05, 3.63) is 24.0 Å². The number of nitrogens with one attached hydrogen (secondary N) is 2. The van der Waals surface area contributed by atoms with E-state index in [1.54, 1.807) is 6.20 Å². The van der Waals surface area contributed by atoms with Gasteiger partial charge in [-0.1, -0.05) is 0 Å². The molecule has 0 radical (unpaired) electrons. The topological polar surface area (TPSA) is 72.9 Å². The Kier molecular flexibility index (Phi) is 4.19. The van der Waals surface area contributed by atoms with E-state index in [4.69, 9.17) is 12.2 Å². The number of carbonyl (C=O) groups excluding carboxylic acids is 1. The Labute approximate surface area is 134 Å². The zero-order chi connectivity index (χ0) is 15.5. The van der Waals surface area contributed by atoms with Crippen molar-refractivity contribution >= 4 is 34.6 Å². The van der Waals surface area contributed by atoms with Crippen LogP contribution in [0.2, 0.25) is 0 Å². The third-order valence-corrected chi connectivity index (χ3v) is 4.12.